The molecule has 0 bridgehead atoms. The number of nitrogens with one attached hydrogen (secondary N) is 1. The number of primary amides is 1. The zero-order valence-corrected chi connectivity index (χ0v) is 16.3. The van der Waals surface area contributed by atoms with Crippen molar-refractivity contribution < 1.29 is 18.0 Å². The van der Waals surface area contributed by atoms with Crippen LogP contribution in [0.5, 0.6) is 0 Å². The number of anilines is 1. The highest BCUT2D eigenvalue weighted by Crippen LogP contribution is 2.20. The molecule has 0 aromatic heterocycles. The molecule has 3 N–H and O–H groups in total. The molecule has 144 valence electrons. The Kier molecular flexibility index (Phi) is 6.35. The van der Waals surface area contributed by atoms with Crippen LogP contribution in [0, 0.1) is 13.8 Å². The van der Waals surface area contributed by atoms with Gasteiger partial charge < -0.3 is 11.1 Å². The molecule has 2 aromatic carbocycles. The monoisotopic (exact) mass is 389 g/mol. The van der Waals surface area contributed by atoms with Crippen molar-refractivity contribution >= 4 is 27.5 Å². The van der Waals surface area contributed by atoms with Gasteiger partial charge in [0.1, 0.15) is 0 Å². The Hall–Kier alpha value is -2.71. The van der Waals surface area contributed by atoms with Crippen LogP contribution in [0.25, 0.3) is 0 Å². The Morgan fingerprint density at radius 1 is 1.07 bits per heavy atom. The molecular formula is C19H23N3O4S. The van der Waals surface area contributed by atoms with Gasteiger partial charge in [0.15, 0.2) is 0 Å². The lowest BCUT2D eigenvalue weighted by Gasteiger charge is -2.18. The van der Waals surface area contributed by atoms with Crippen molar-refractivity contribution in [3.8, 4) is 0 Å². The normalized spacial score (nSPS) is 11.4. The molecule has 0 spiro atoms. The van der Waals surface area contributed by atoms with Gasteiger partial charge in [-0.3, -0.25) is 9.59 Å². The summed E-state index contributed by atoms with van der Waals surface area (Å²) in [5, 5.41) is 2.64. The molecule has 2 amide bonds. The van der Waals surface area contributed by atoms with Crippen LogP contribution in [-0.2, 0) is 26.0 Å². The maximum absolute atomic E-state index is 12.7. The zero-order valence-electron chi connectivity index (χ0n) is 15.5. The molecule has 7 nitrogen and oxygen atoms in total. The van der Waals surface area contributed by atoms with E-state index in [4.69, 9.17) is 5.73 Å². The summed E-state index contributed by atoms with van der Waals surface area (Å²) in [6.07, 6.45) is 0.116. The van der Waals surface area contributed by atoms with E-state index in [9.17, 15) is 18.0 Å². The molecule has 2 rings (SSSR count). The molecule has 0 aliphatic heterocycles. The topological polar surface area (TPSA) is 110 Å². The van der Waals surface area contributed by atoms with E-state index in [1.165, 1.54) is 7.05 Å². The SMILES string of the molecule is Cc1ccc(C)c(S(=O)(=O)N(C)CC(=O)Nc2ccc(CC(N)=O)cc2)c1. The van der Waals surface area contributed by atoms with E-state index in [0.717, 1.165) is 15.4 Å². The number of benzene rings is 2. The summed E-state index contributed by atoms with van der Waals surface area (Å²) in [6.45, 7) is 3.21. The number of amides is 2. The quantitative estimate of drug-likeness (QED) is 0.749. The van der Waals surface area contributed by atoms with Gasteiger partial charge in [-0.1, -0.05) is 24.3 Å². The van der Waals surface area contributed by atoms with Crippen LogP contribution in [0.15, 0.2) is 47.4 Å². The fourth-order valence-electron chi connectivity index (χ4n) is 2.55. The Bertz CT molecular complexity index is 953. The highest BCUT2D eigenvalue weighted by atomic mass is 32.2. The standard InChI is InChI=1S/C19H23N3O4S/c1-13-4-5-14(2)17(10-13)27(25,26)22(3)12-19(24)21-16-8-6-15(7-9-16)11-18(20)23/h4-10H,11-12H2,1-3H3,(H2,20,23)(H,21,24). The van der Waals surface area contributed by atoms with E-state index in [1.807, 2.05) is 13.0 Å². The smallest absolute Gasteiger partial charge is 0.243 e. The first-order valence-electron chi connectivity index (χ1n) is 8.30. The number of sulfonamides is 1. The minimum atomic E-state index is -3.78. The largest absolute Gasteiger partial charge is 0.369 e. The Morgan fingerprint density at radius 2 is 1.70 bits per heavy atom. The molecule has 0 aliphatic rings. The number of rotatable bonds is 7. The fraction of sp³-hybridized carbons (Fsp3) is 0.263. The summed E-state index contributed by atoms with van der Waals surface area (Å²) in [4.78, 5) is 23.3. The van der Waals surface area contributed by atoms with Gasteiger partial charge >= 0.3 is 0 Å². The Morgan fingerprint density at radius 3 is 2.30 bits per heavy atom. The second kappa shape index (κ2) is 8.32. The molecule has 0 atom stereocenters. The predicted octanol–water partition coefficient (Wildman–Crippen LogP) is 1.59. The van der Waals surface area contributed by atoms with Crippen molar-refractivity contribution in [3.05, 3.63) is 59.2 Å². The third kappa shape index (κ3) is 5.38. The highest BCUT2D eigenvalue weighted by Gasteiger charge is 2.24. The minimum Gasteiger partial charge on any atom is -0.369 e. The van der Waals surface area contributed by atoms with Crippen LogP contribution in [0.3, 0.4) is 0 Å². The van der Waals surface area contributed by atoms with Crippen LogP contribution in [0.1, 0.15) is 16.7 Å². The van der Waals surface area contributed by atoms with E-state index in [1.54, 1.807) is 43.3 Å². The van der Waals surface area contributed by atoms with Gasteiger partial charge in [0.2, 0.25) is 21.8 Å². The van der Waals surface area contributed by atoms with Crippen molar-refractivity contribution in [2.45, 2.75) is 25.2 Å². The maximum atomic E-state index is 12.7. The summed E-state index contributed by atoms with van der Waals surface area (Å²) in [5.41, 5.74) is 7.82. The number of hydrogen-bond acceptors (Lipinski definition) is 4. The molecule has 8 heteroatoms. The minimum absolute atomic E-state index is 0.116. The molecule has 0 saturated heterocycles. The molecule has 27 heavy (non-hydrogen) atoms. The van der Waals surface area contributed by atoms with E-state index < -0.39 is 21.8 Å². The number of carbonyl (C=O) groups is 2. The second-order valence-corrected chi connectivity index (χ2v) is 8.43. The molecule has 0 saturated carbocycles. The summed E-state index contributed by atoms with van der Waals surface area (Å²) < 4.78 is 26.5. The average Bonchev–Trinajstić information content (AvgIpc) is 2.58. The average molecular weight is 389 g/mol. The molecule has 0 heterocycles. The Labute approximate surface area is 159 Å². The zero-order chi connectivity index (χ0) is 20.2. The van der Waals surface area contributed by atoms with Crippen molar-refractivity contribution in [1.82, 2.24) is 4.31 Å². The van der Waals surface area contributed by atoms with Crippen LogP contribution in [0.2, 0.25) is 0 Å². The van der Waals surface area contributed by atoms with E-state index in [-0.39, 0.29) is 17.9 Å². The lowest BCUT2D eigenvalue weighted by Crippen LogP contribution is -2.35. The van der Waals surface area contributed by atoms with Crippen molar-refractivity contribution in [2.75, 3.05) is 18.9 Å². The predicted molar refractivity (Wildman–Crippen MR) is 104 cm³/mol. The van der Waals surface area contributed by atoms with Gasteiger partial charge in [-0.25, -0.2) is 8.42 Å². The second-order valence-electron chi connectivity index (χ2n) is 6.42. The molecular weight excluding hydrogens is 366 g/mol. The highest BCUT2D eigenvalue weighted by molar-refractivity contribution is 7.89. The van der Waals surface area contributed by atoms with E-state index in [0.29, 0.717) is 11.3 Å². The lowest BCUT2D eigenvalue weighted by atomic mass is 10.1. The fourth-order valence-corrected chi connectivity index (χ4v) is 3.98. The first-order chi connectivity index (χ1) is 12.6. The number of likely N-dealkylation sites (N-methyl/N-ethyl adjacent to an activating group) is 1. The Balaban J connectivity index is 2.06. The van der Waals surface area contributed by atoms with Gasteiger partial charge in [-0.2, -0.15) is 4.31 Å². The van der Waals surface area contributed by atoms with Crippen molar-refractivity contribution in [2.24, 2.45) is 5.73 Å². The van der Waals surface area contributed by atoms with Gasteiger partial charge in [0.25, 0.3) is 0 Å². The molecule has 0 radical (unpaired) electrons. The van der Waals surface area contributed by atoms with Crippen molar-refractivity contribution in [3.63, 3.8) is 0 Å². The number of aryl methyl sites for hydroxylation is 2. The van der Waals surface area contributed by atoms with Crippen LogP contribution < -0.4 is 11.1 Å². The van der Waals surface area contributed by atoms with Crippen LogP contribution in [-0.4, -0.2) is 38.1 Å². The van der Waals surface area contributed by atoms with Crippen LogP contribution in [0.4, 0.5) is 5.69 Å². The van der Waals surface area contributed by atoms with Crippen LogP contribution >= 0.6 is 0 Å². The summed E-state index contributed by atoms with van der Waals surface area (Å²) >= 11 is 0. The molecule has 0 aliphatic carbocycles. The third-order valence-corrected chi connectivity index (χ3v) is 5.96. The summed E-state index contributed by atoms with van der Waals surface area (Å²) in [7, 11) is -2.41. The summed E-state index contributed by atoms with van der Waals surface area (Å²) in [5.74, 6) is -0.904. The maximum Gasteiger partial charge on any atom is 0.243 e. The number of hydrogen-bond donors (Lipinski definition) is 2. The first-order valence-corrected chi connectivity index (χ1v) is 9.74. The molecule has 0 fully saturated rings. The van der Waals surface area contributed by atoms with Gasteiger partial charge in [0.05, 0.1) is 17.9 Å². The van der Waals surface area contributed by atoms with E-state index in [2.05, 4.69) is 5.32 Å². The van der Waals surface area contributed by atoms with Gasteiger partial charge in [0, 0.05) is 12.7 Å². The van der Waals surface area contributed by atoms with Gasteiger partial charge in [-0.05, 0) is 48.7 Å². The molecule has 2 aromatic rings. The van der Waals surface area contributed by atoms with Gasteiger partial charge in [-0.15, -0.1) is 0 Å². The number of nitrogens with zero attached hydrogens (tertiary/aromatic N) is 1. The van der Waals surface area contributed by atoms with E-state index >= 15 is 0 Å². The summed E-state index contributed by atoms with van der Waals surface area (Å²) in [6, 6.07) is 11.8. The number of nitrogens with two attached hydrogens (primary N) is 1. The first kappa shape index (κ1) is 20.6. The van der Waals surface area contributed by atoms with Crippen molar-refractivity contribution in [1.29, 1.82) is 0 Å². The number of carbonyl (C=O) groups excluding carboxylic acids is 2. The lowest BCUT2D eigenvalue weighted by molar-refractivity contribution is -0.117. The molecule has 0 unspecified atom stereocenters. The third-order valence-electron chi connectivity index (χ3n) is 4.01.